The number of para-hydroxylation sites is 1. The standard InChI is InChI=1S/C12H15N5O/c1-8-4-3-5-9(2)12(8)14-11(18)7-17-6-10(13)15-16-17/h3-6H,7,13H2,1-2H3,(H,14,18). The van der Waals surface area contributed by atoms with Gasteiger partial charge in [-0.3, -0.25) is 4.79 Å². The van der Waals surface area contributed by atoms with E-state index < -0.39 is 0 Å². The Morgan fingerprint density at radius 2 is 2.06 bits per heavy atom. The molecule has 2 aromatic rings. The molecule has 0 fully saturated rings. The summed E-state index contributed by atoms with van der Waals surface area (Å²) >= 11 is 0. The van der Waals surface area contributed by atoms with E-state index in [4.69, 9.17) is 5.73 Å². The SMILES string of the molecule is Cc1cccc(C)c1NC(=O)Cn1cc(N)nn1. The molecule has 0 unspecified atom stereocenters. The second-order valence-electron chi connectivity index (χ2n) is 4.16. The van der Waals surface area contributed by atoms with Gasteiger partial charge in [-0.1, -0.05) is 23.4 Å². The summed E-state index contributed by atoms with van der Waals surface area (Å²) < 4.78 is 1.40. The predicted molar refractivity (Wildman–Crippen MR) is 69.0 cm³/mol. The minimum Gasteiger partial charge on any atom is -0.381 e. The van der Waals surface area contributed by atoms with Crippen molar-refractivity contribution in [2.45, 2.75) is 20.4 Å². The number of nitrogens with two attached hydrogens (primary N) is 1. The lowest BCUT2D eigenvalue weighted by molar-refractivity contribution is -0.116. The van der Waals surface area contributed by atoms with Crippen molar-refractivity contribution < 1.29 is 4.79 Å². The number of hydrogen-bond acceptors (Lipinski definition) is 4. The fraction of sp³-hybridized carbons (Fsp3) is 0.250. The van der Waals surface area contributed by atoms with Crippen molar-refractivity contribution in [1.82, 2.24) is 15.0 Å². The zero-order chi connectivity index (χ0) is 13.1. The van der Waals surface area contributed by atoms with E-state index in [0.717, 1.165) is 16.8 Å². The average molecular weight is 245 g/mol. The Morgan fingerprint density at radius 3 is 2.61 bits per heavy atom. The fourth-order valence-electron chi connectivity index (χ4n) is 1.73. The number of benzene rings is 1. The highest BCUT2D eigenvalue weighted by molar-refractivity contribution is 5.92. The van der Waals surface area contributed by atoms with Gasteiger partial charge in [-0.05, 0) is 25.0 Å². The van der Waals surface area contributed by atoms with Gasteiger partial charge in [0.05, 0.1) is 6.20 Å². The largest absolute Gasteiger partial charge is 0.381 e. The minimum atomic E-state index is -0.155. The maximum absolute atomic E-state index is 11.9. The molecule has 94 valence electrons. The van der Waals surface area contributed by atoms with Crippen molar-refractivity contribution in [3.05, 3.63) is 35.5 Å². The van der Waals surface area contributed by atoms with E-state index in [0.29, 0.717) is 5.82 Å². The first kappa shape index (κ1) is 12.1. The number of aromatic nitrogens is 3. The van der Waals surface area contributed by atoms with Crippen molar-refractivity contribution in [1.29, 1.82) is 0 Å². The number of amides is 1. The third-order valence-electron chi connectivity index (χ3n) is 2.61. The van der Waals surface area contributed by atoms with Crippen LogP contribution in [0.5, 0.6) is 0 Å². The lowest BCUT2D eigenvalue weighted by Crippen LogP contribution is -2.20. The van der Waals surface area contributed by atoms with Gasteiger partial charge in [-0.25, -0.2) is 4.68 Å². The Bertz CT molecular complexity index is 555. The van der Waals surface area contributed by atoms with E-state index in [1.54, 1.807) is 0 Å². The fourth-order valence-corrected chi connectivity index (χ4v) is 1.73. The number of aryl methyl sites for hydroxylation is 2. The smallest absolute Gasteiger partial charge is 0.246 e. The van der Waals surface area contributed by atoms with Crippen LogP contribution in [-0.4, -0.2) is 20.9 Å². The Labute approximate surface area is 105 Å². The Hall–Kier alpha value is -2.37. The van der Waals surface area contributed by atoms with Crippen LogP contribution in [-0.2, 0) is 11.3 Å². The number of anilines is 2. The third-order valence-corrected chi connectivity index (χ3v) is 2.61. The Morgan fingerprint density at radius 1 is 1.39 bits per heavy atom. The zero-order valence-corrected chi connectivity index (χ0v) is 10.3. The molecule has 6 nitrogen and oxygen atoms in total. The van der Waals surface area contributed by atoms with Gasteiger partial charge in [0, 0.05) is 5.69 Å². The van der Waals surface area contributed by atoms with E-state index in [9.17, 15) is 4.79 Å². The lowest BCUT2D eigenvalue weighted by Gasteiger charge is -2.11. The van der Waals surface area contributed by atoms with Crippen LogP contribution in [0, 0.1) is 13.8 Å². The molecule has 0 spiro atoms. The van der Waals surface area contributed by atoms with Crippen molar-refractivity contribution in [3.63, 3.8) is 0 Å². The van der Waals surface area contributed by atoms with Crippen molar-refractivity contribution in [3.8, 4) is 0 Å². The van der Waals surface area contributed by atoms with Crippen molar-refractivity contribution >= 4 is 17.4 Å². The zero-order valence-electron chi connectivity index (χ0n) is 10.3. The first-order valence-electron chi connectivity index (χ1n) is 5.58. The van der Waals surface area contributed by atoms with E-state index in [1.807, 2.05) is 32.0 Å². The summed E-state index contributed by atoms with van der Waals surface area (Å²) in [6, 6.07) is 5.87. The van der Waals surface area contributed by atoms with Gasteiger partial charge in [0.15, 0.2) is 5.82 Å². The van der Waals surface area contributed by atoms with Crippen molar-refractivity contribution in [2.24, 2.45) is 0 Å². The number of hydrogen-bond donors (Lipinski definition) is 2. The summed E-state index contributed by atoms with van der Waals surface area (Å²) in [4.78, 5) is 11.9. The molecule has 18 heavy (non-hydrogen) atoms. The van der Waals surface area contributed by atoms with Crippen LogP contribution in [0.3, 0.4) is 0 Å². The van der Waals surface area contributed by atoms with Gasteiger partial charge in [0.2, 0.25) is 5.91 Å². The molecule has 2 rings (SSSR count). The number of nitrogen functional groups attached to an aromatic ring is 1. The van der Waals surface area contributed by atoms with Gasteiger partial charge < -0.3 is 11.1 Å². The summed E-state index contributed by atoms with van der Waals surface area (Å²) in [6.45, 7) is 4.00. The summed E-state index contributed by atoms with van der Waals surface area (Å²) in [7, 11) is 0. The summed E-state index contributed by atoms with van der Waals surface area (Å²) in [6.07, 6.45) is 1.52. The van der Waals surface area contributed by atoms with Crippen LogP contribution in [0.25, 0.3) is 0 Å². The summed E-state index contributed by atoms with van der Waals surface area (Å²) in [5.74, 6) is 0.146. The number of nitrogens with zero attached hydrogens (tertiary/aromatic N) is 3. The topological polar surface area (TPSA) is 85.8 Å². The number of nitrogens with one attached hydrogen (secondary N) is 1. The predicted octanol–water partition coefficient (Wildman–Crippen LogP) is 1.12. The molecule has 0 aliphatic carbocycles. The van der Waals surface area contributed by atoms with Crippen LogP contribution in [0.2, 0.25) is 0 Å². The van der Waals surface area contributed by atoms with Gasteiger partial charge in [0.1, 0.15) is 6.54 Å². The molecule has 1 aromatic heterocycles. The van der Waals surface area contributed by atoms with Crippen LogP contribution in [0.1, 0.15) is 11.1 Å². The highest BCUT2D eigenvalue weighted by Crippen LogP contribution is 2.19. The number of carbonyl (C=O) groups is 1. The normalized spacial score (nSPS) is 10.3. The molecular formula is C12H15N5O. The first-order chi connectivity index (χ1) is 8.56. The molecule has 3 N–H and O–H groups in total. The van der Waals surface area contributed by atoms with E-state index >= 15 is 0 Å². The maximum Gasteiger partial charge on any atom is 0.246 e. The van der Waals surface area contributed by atoms with Gasteiger partial charge in [0.25, 0.3) is 0 Å². The van der Waals surface area contributed by atoms with E-state index in [1.165, 1.54) is 10.9 Å². The number of rotatable bonds is 3. The molecule has 1 amide bonds. The lowest BCUT2D eigenvalue weighted by atomic mass is 10.1. The summed E-state index contributed by atoms with van der Waals surface area (Å²) in [5, 5.41) is 10.2. The second kappa shape index (κ2) is 4.87. The monoisotopic (exact) mass is 245 g/mol. The highest BCUT2D eigenvalue weighted by Gasteiger charge is 2.08. The van der Waals surface area contributed by atoms with Crippen LogP contribution >= 0.6 is 0 Å². The molecule has 0 radical (unpaired) electrons. The molecule has 0 saturated carbocycles. The second-order valence-corrected chi connectivity index (χ2v) is 4.16. The molecule has 0 saturated heterocycles. The highest BCUT2D eigenvalue weighted by atomic mass is 16.2. The van der Waals surface area contributed by atoms with Crippen LogP contribution in [0.4, 0.5) is 11.5 Å². The maximum atomic E-state index is 11.9. The van der Waals surface area contributed by atoms with Gasteiger partial charge >= 0.3 is 0 Å². The number of carbonyl (C=O) groups excluding carboxylic acids is 1. The van der Waals surface area contributed by atoms with E-state index in [2.05, 4.69) is 15.6 Å². The quantitative estimate of drug-likeness (QED) is 0.848. The Balaban J connectivity index is 2.08. The average Bonchev–Trinajstić information content (AvgIpc) is 2.69. The summed E-state index contributed by atoms with van der Waals surface area (Å²) in [5.41, 5.74) is 8.33. The molecule has 0 aliphatic heterocycles. The van der Waals surface area contributed by atoms with Crippen LogP contribution in [0.15, 0.2) is 24.4 Å². The van der Waals surface area contributed by atoms with Gasteiger partial charge in [-0.15, -0.1) is 5.10 Å². The van der Waals surface area contributed by atoms with Crippen LogP contribution < -0.4 is 11.1 Å². The molecule has 1 aromatic carbocycles. The molecule has 0 aliphatic rings. The van der Waals surface area contributed by atoms with Gasteiger partial charge in [-0.2, -0.15) is 0 Å². The molecule has 6 heteroatoms. The molecule has 0 atom stereocenters. The minimum absolute atomic E-state index is 0.0952. The molecular weight excluding hydrogens is 230 g/mol. The van der Waals surface area contributed by atoms with E-state index in [-0.39, 0.29) is 12.5 Å². The molecule has 0 bridgehead atoms. The van der Waals surface area contributed by atoms with Crippen molar-refractivity contribution in [2.75, 3.05) is 11.1 Å². The first-order valence-corrected chi connectivity index (χ1v) is 5.58. The third kappa shape index (κ3) is 2.65. The Kier molecular flexibility index (Phi) is 3.27. The molecule has 1 heterocycles.